The molecule has 0 heterocycles. The van der Waals surface area contributed by atoms with Crippen LogP contribution in [0.4, 0.5) is 5.69 Å². The molecule has 4 unspecified atom stereocenters. The van der Waals surface area contributed by atoms with E-state index < -0.39 is 58.0 Å². The molecule has 6 N–H and O–H groups in total. The maximum atomic E-state index is 14.3. The van der Waals surface area contributed by atoms with Gasteiger partial charge in [-0.05, 0) is 99.0 Å². The van der Waals surface area contributed by atoms with E-state index in [9.17, 15) is 34.8 Å². The monoisotopic (exact) mass is 637 g/mol. The maximum Gasteiger partial charge on any atom is 0.255 e. The van der Waals surface area contributed by atoms with Crippen molar-refractivity contribution in [3.05, 3.63) is 75.6 Å². The standard InChI is InChI=1S/C37H39N3O7/c1-39(2)23-14-12-20(13-15-23)24-16-21(11-10-19-8-6-5-7-9-19)31(41)28-25(24)17-22-18-26-30(40(3)4)33(43)29(36(38)46)35(45)37(26,47)34(44)27(22)32(28)42/h8,12-16,22,26,30,41-42,45,47H,5-7,9,17-18H2,1-4H3,(H2,38,46). The highest BCUT2D eigenvalue weighted by Crippen LogP contribution is 2.54. The Morgan fingerprint density at radius 2 is 1.72 bits per heavy atom. The molecule has 4 aliphatic carbocycles. The Balaban J connectivity index is 1.58. The van der Waals surface area contributed by atoms with Crippen molar-refractivity contribution >= 4 is 28.9 Å². The van der Waals surface area contributed by atoms with E-state index >= 15 is 0 Å². The van der Waals surface area contributed by atoms with Crippen molar-refractivity contribution in [3.8, 4) is 28.7 Å². The minimum absolute atomic E-state index is 0.0151. The Kier molecular flexibility index (Phi) is 8.02. The van der Waals surface area contributed by atoms with Gasteiger partial charge in [0.1, 0.15) is 22.8 Å². The number of phenols is 1. The van der Waals surface area contributed by atoms with Crippen LogP contribution in [0.25, 0.3) is 16.9 Å². The van der Waals surface area contributed by atoms with E-state index in [1.807, 2.05) is 43.3 Å². The second kappa shape index (κ2) is 11.7. The zero-order valence-electron chi connectivity index (χ0n) is 26.9. The number of ketones is 2. The third kappa shape index (κ3) is 5.01. The van der Waals surface area contributed by atoms with Crippen LogP contribution in [0.5, 0.6) is 5.75 Å². The summed E-state index contributed by atoms with van der Waals surface area (Å²) in [5, 5.41) is 46.6. The molecule has 0 radical (unpaired) electrons. The van der Waals surface area contributed by atoms with Crippen molar-refractivity contribution in [2.24, 2.45) is 17.6 Å². The number of phenolic OH excluding ortho intramolecular Hbond substituents is 1. The summed E-state index contributed by atoms with van der Waals surface area (Å²) in [7, 11) is 7.03. The largest absolute Gasteiger partial charge is 0.508 e. The van der Waals surface area contributed by atoms with Gasteiger partial charge in [0.05, 0.1) is 17.2 Å². The van der Waals surface area contributed by atoms with Gasteiger partial charge in [0.15, 0.2) is 11.4 Å². The number of carbonyl (C=O) groups is 3. The van der Waals surface area contributed by atoms with Crippen molar-refractivity contribution in [2.45, 2.75) is 50.2 Å². The molecule has 0 aromatic heterocycles. The second-order valence-corrected chi connectivity index (χ2v) is 13.3. The molecule has 10 heteroatoms. The SMILES string of the molecule is CN(C)c1ccc(-c2cc(C#CC3=CCCCC3)c(O)c3c2CC2CC4C(N(C)C)C(=O)C(C(N)=O)=C(O)C4(O)C(=O)C2=C3O)cc1. The van der Waals surface area contributed by atoms with Gasteiger partial charge in [-0.15, -0.1) is 0 Å². The smallest absolute Gasteiger partial charge is 0.255 e. The first kappa shape index (κ1) is 32.1. The van der Waals surface area contributed by atoms with Crippen LogP contribution in [-0.2, 0) is 20.8 Å². The van der Waals surface area contributed by atoms with Crippen LogP contribution in [0, 0.1) is 23.7 Å². The van der Waals surface area contributed by atoms with E-state index in [-0.39, 0.29) is 35.3 Å². The third-order valence-corrected chi connectivity index (χ3v) is 10.1. The number of anilines is 1. The molecule has 6 rings (SSSR count). The zero-order valence-corrected chi connectivity index (χ0v) is 26.9. The molecule has 1 saturated carbocycles. The summed E-state index contributed by atoms with van der Waals surface area (Å²) in [5.41, 5.74) is 6.07. The number of hydrogen-bond acceptors (Lipinski definition) is 9. The Hall–Kier alpha value is -4.85. The number of aliphatic hydroxyl groups is 3. The van der Waals surface area contributed by atoms with Crippen LogP contribution in [-0.4, -0.2) is 82.6 Å². The lowest BCUT2D eigenvalue weighted by Gasteiger charge is -2.50. The lowest BCUT2D eigenvalue weighted by Crippen LogP contribution is -2.65. The van der Waals surface area contributed by atoms with Crippen LogP contribution in [0.3, 0.4) is 0 Å². The number of carbonyl (C=O) groups excluding carboxylic acids is 3. The predicted molar refractivity (Wildman–Crippen MR) is 177 cm³/mol. The first-order valence-electron chi connectivity index (χ1n) is 15.8. The maximum absolute atomic E-state index is 14.3. The van der Waals surface area contributed by atoms with Crippen LogP contribution in [0.2, 0.25) is 0 Å². The number of nitrogens with two attached hydrogens (primary N) is 1. The van der Waals surface area contributed by atoms with Gasteiger partial charge in [0.25, 0.3) is 5.91 Å². The topological polar surface area (TPSA) is 165 Å². The van der Waals surface area contributed by atoms with Crippen LogP contribution in [0.15, 0.2) is 58.9 Å². The highest BCUT2D eigenvalue weighted by Gasteiger charge is 2.64. The number of rotatable bonds is 4. The van der Waals surface area contributed by atoms with E-state index in [0.717, 1.165) is 42.5 Å². The minimum atomic E-state index is -2.70. The molecule has 0 aliphatic heterocycles. The number of amides is 1. The van der Waals surface area contributed by atoms with Crippen molar-refractivity contribution in [2.75, 3.05) is 33.1 Å². The molecular weight excluding hydrogens is 598 g/mol. The molecule has 2 aromatic carbocycles. The molecule has 47 heavy (non-hydrogen) atoms. The number of aliphatic hydroxyl groups excluding tert-OH is 2. The first-order chi connectivity index (χ1) is 22.3. The van der Waals surface area contributed by atoms with Gasteiger partial charge in [-0.1, -0.05) is 30.0 Å². The molecule has 244 valence electrons. The molecule has 0 saturated heterocycles. The molecule has 0 bridgehead atoms. The van der Waals surface area contributed by atoms with Crippen LogP contribution in [0.1, 0.15) is 48.8 Å². The summed E-state index contributed by atoms with van der Waals surface area (Å²) in [5.74, 6) is -0.611. The van der Waals surface area contributed by atoms with Gasteiger partial charge in [0.2, 0.25) is 5.78 Å². The van der Waals surface area contributed by atoms with Gasteiger partial charge in [0, 0.05) is 31.3 Å². The summed E-state index contributed by atoms with van der Waals surface area (Å²) >= 11 is 0. The zero-order chi connectivity index (χ0) is 33.9. The summed E-state index contributed by atoms with van der Waals surface area (Å²) in [6, 6.07) is 8.46. The molecule has 10 nitrogen and oxygen atoms in total. The van der Waals surface area contributed by atoms with E-state index in [0.29, 0.717) is 11.1 Å². The van der Waals surface area contributed by atoms with Gasteiger partial charge < -0.3 is 31.1 Å². The Labute approximate surface area is 273 Å². The number of nitrogens with zero attached hydrogens (tertiary/aromatic N) is 2. The number of likely N-dealkylation sites (N-methyl/N-ethyl adjacent to an activating group) is 1. The van der Waals surface area contributed by atoms with Gasteiger partial charge in [-0.2, -0.15) is 0 Å². The van der Waals surface area contributed by atoms with E-state index in [1.54, 1.807) is 20.2 Å². The summed E-state index contributed by atoms with van der Waals surface area (Å²) in [6.45, 7) is 0. The van der Waals surface area contributed by atoms with Gasteiger partial charge in [-0.3, -0.25) is 19.3 Å². The fourth-order valence-electron chi connectivity index (χ4n) is 7.70. The molecule has 4 aliphatic rings. The Bertz CT molecular complexity index is 1870. The summed E-state index contributed by atoms with van der Waals surface area (Å²) < 4.78 is 0. The highest BCUT2D eigenvalue weighted by atomic mass is 16.3. The van der Waals surface area contributed by atoms with Gasteiger partial charge >= 0.3 is 0 Å². The number of hydrogen-bond donors (Lipinski definition) is 5. The number of benzene rings is 2. The lowest BCUT2D eigenvalue weighted by molar-refractivity contribution is -0.153. The molecular formula is C37H39N3O7. The third-order valence-electron chi connectivity index (χ3n) is 10.1. The highest BCUT2D eigenvalue weighted by molar-refractivity contribution is 6.24. The summed E-state index contributed by atoms with van der Waals surface area (Å²) in [6.07, 6.45) is 6.19. The average molecular weight is 638 g/mol. The fourth-order valence-corrected chi connectivity index (χ4v) is 7.70. The number of aromatic hydroxyl groups is 1. The molecule has 4 atom stereocenters. The first-order valence-corrected chi connectivity index (χ1v) is 15.8. The van der Waals surface area contributed by atoms with Crippen LogP contribution < -0.4 is 10.6 Å². The van der Waals surface area contributed by atoms with Gasteiger partial charge in [-0.25, -0.2) is 0 Å². The quantitative estimate of drug-likeness (QED) is 0.249. The molecule has 0 spiro atoms. The van der Waals surface area contributed by atoms with E-state index in [1.165, 1.54) is 4.90 Å². The number of Topliss-reactive ketones (excluding diaryl/α,β-unsaturated/α-hetero) is 2. The van der Waals surface area contributed by atoms with E-state index in [4.69, 9.17) is 5.73 Å². The van der Waals surface area contributed by atoms with Crippen molar-refractivity contribution in [1.82, 2.24) is 4.90 Å². The average Bonchev–Trinajstić information content (AvgIpc) is 3.02. The molecule has 1 amide bonds. The van der Waals surface area contributed by atoms with Crippen LogP contribution >= 0.6 is 0 Å². The minimum Gasteiger partial charge on any atom is -0.508 e. The normalized spacial score (nSPS) is 25.4. The van der Waals surface area contributed by atoms with E-state index in [2.05, 4.69) is 17.9 Å². The van der Waals surface area contributed by atoms with Crippen molar-refractivity contribution in [3.63, 3.8) is 0 Å². The fraction of sp³-hybridized carbons (Fsp3) is 0.378. The molecule has 1 fully saturated rings. The Morgan fingerprint density at radius 1 is 1.02 bits per heavy atom. The van der Waals surface area contributed by atoms with Crippen molar-refractivity contribution < 1.29 is 34.8 Å². The summed E-state index contributed by atoms with van der Waals surface area (Å²) in [4.78, 5) is 43.5. The Morgan fingerprint density at radius 3 is 2.32 bits per heavy atom. The lowest BCUT2D eigenvalue weighted by atomic mass is 9.57. The second-order valence-electron chi connectivity index (χ2n) is 13.3. The number of primary amides is 1. The molecule has 2 aromatic rings. The predicted octanol–water partition coefficient (Wildman–Crippen LogP) is 3.55. The number of allylic oxidation sites excluding steroid dienone is 2. The number of fused-ring (bicyclic) bond motifs is 3. The van der Waals surface area contributed by atoms with Crippen molar-refractivity contribution in [1.29, 1.82) is 0 Å².